The molecule has 0 radical (unpaired) electrons. The first-order valence-corrected chi connectivity index (χ1v) is 7.17. The van der Waals surface area contributed by atoms with Gasteiger partial charge in [-0.2, -0.15) is 0 Å². The highest BCUT2D eigenvalue weighted by atomic mass is 15.1. The SMILES string of the molecule is CCC1(CN(C)Cc2ccccc2)CCNCC1. The molecular weight excluding hydrogens is 220 g/mol. The highest BCUT2D eigenvalue weighted by molar-refractivity contribution is 5.14. The average Bonchev–Trinajstić information content (AvgIpc) is 2.41. The number of rotatable bonds is 5. The summed E-state index contributed by atoms with van der Waals surface area (Å²) in [5.74, 6) is 0. The van der Waals surface area contributed by atoms with Crippen LogP contribution in [0.2, 0.25) is 0 Å². The van der Waals surface area contributed by atoms with Crippen molar-refractivity contribution in [2.75, 3.05) is 26.7 Å². The number of piperidine rings is 1. The van der Waals surface area contributed by atoms with E-state index in [1.807, 2.05) is 0 Å². The molecule has 1 heterocycles. The molecule has 0 aromatic heterocycles. The third-order valence-electron chi connectivity index (χ3n) is 4.31. The molecule has 0 saturated carbocycles. The maximum Gasteiger partial charge on any atom is 0.0230 e. The highest BCUT2D eigenvalue weighted by Crippen LogP contribution is 2.33. The first-order chi connectivity index (χ1) is 8.74. The molecular formula is C16H26N2. The van der Waals surface area contributed by atoms with Gasteiger partial charge in [-0.1, -0.05) is 37.3 Å². The van der Waals surface area contributed by atoms with Crippen molar-refractivity contribution in [3.8, 4) is 0 Å². The minimum atomic E-state index is 0.536. The molecule has 0 aliphatic carbocycles. The van der Waals surface area contributed by atoms with E-state index in [9.17, 15) is 0 Å². The van der Waals surface area contributed by atoms with Crippen molar-refractivity contribution in [1.82, 2.24) is 10.2 Å². The summed E-state index contributed by atoms with van der Waals surface area (Å²) in [6.07, 6.45) is 3.94. The summed E-state index contributed by atoms with van der Waals surface area (Å²) in [4.78, 5) is 2.49. The lowest BCUT2D eigenvalue weighted by atomic mass is 9.76. The standard InChI is InChI=1S/C16H26N2/c1-3-16(9-11-17-12-10-16)14-18(2)13-15-7-5-4-6-8-15/h4-8,17H,3,9-14H2,1-2H3. The second-order valence-corrected chi connectivity index (χ2v) is 5.76. The van der Waals surface area contributed by atoms with E-state index in [1.165, 1.54) is 44.5 Å². The van der Waals surface area contributed by atoms with E-state index >= 15 is 0 Å². The van der Waals surface area contributed by atoms with E-state index < -0.39 is 0 Å². The number of nitrogens with zero attached hydrogens (tertiary/aromatic N) is 1. The average molecular weight is 246 g/mol. The zero-order valence-electron chi connectivity index (χ0n) is 11.8. The molecule has 100 valence electrons. The van der Waals surface area contributed by atoms with E-state index in [0.717, 1.165) is 6.54 Å². The Hall–Kier alpha value is -0.860. The molecule has 1 aromatic rings. The summed E-state index contributed by atoms with van der Waals surface area (Å²) in [7, 11) is 2.26. The molecule has 1 N–H and O–H groups in total. The Morgan fingerprint density at radius 2 is 1.83 bits per heavy atom. The van der Waals surface area contributed by atoms with Crippen LogP contribution in [0.4, 0.5) is 0 Å². The monoisotopic (exact) mass is 246 g/mol. The molecule has 0 atom stereocenters. The molecule has 18 heavy (non-hydrogen) atoms. The zero-order valence-corrected chi connectivity index (χ0v) is 11.8. The fourth-order valence-electron chi connectivity index (χ4n) is 3.10. The quantitative estimate of drug-likeness (QED) is 0.859. The van der Waals surface area contributed by atoms with Gasteiger partial charge < -0.3 is 10.2 Å². The van der Waals surface area contributed by atoms with Crippen molar-refractivity contribution >= 4 is 0 Å². The molecule has 0 amide bonds. The molecule has 1 saturated heterocycles. The summed E-state index contributed by atoms with van der Waals surface area (Å²) in [5, 5.41) is 3.48. The van der Waals surface area contributed by atoms with Gasteiger partial charge in [0.15, 0.2) is 0 Å². The van der Waals surface area contributed by atoms with E-state index in [1.54, 1.807) is 0 Å². The van der Waals surface area contributed by atoms with E-state index in [-0.39, 0.29) is 0 Å². The van der Waals surface area contributed by atoms with Crippen molar-refractivity contribution in [1.29, 1.82) is 0 Å². The van der Waals surface area contributed by atoms with Gasteiger partial charge in [0.25, 0.3) is 0 Å². The first kappa shape index (κ1) is 13.6. The van der Waals surface area contributed by atoms with Crippen molar-refractivity contribution in [3.05, 3.63) is 35.9 Å². The van der Waals surface area contributed by atoms with Crippen LogP contribution in [0.1, 0.15) is 31.7 Å². The van der Waals surface area contributed by atoms with Gasteiger partial charge >= 0.3 is 0 Å². The number of hydrogen-bond acceptors (Lipinski definition) is 2. The number of nitrogens with one attached hydrogen (secondary N) is 1. The van der Waals surface area contributed by atoms with Crippen molar-refractivity contribution < 1.29 is 0 Å². The fourth-order valence-corrected chi connectivity index (χ4v) is 3.10. The van der Waals surface area contributed by atoms with Crippen LogP contribution in [-0.2, 0) is 6.54 Å². The highest BCUT2D eigenvalue weighted by Gasteiger charge is 2.31. The molecule has 1 fully saturated rings. The van der Waals surface area contributed by atoms with E-state index in [4.69, 9.17) is 0 Å². The maximum atomic E-state index is 3.48. The van der Waals surface area contributed by atoms with Gasteiger partial charge in [-0.05, 0) is 50.4 Å². The Bertz CT molecular complexity index is 341. The third-order valence-corrected chi connectivity index (χ3v) is 4.31. The molecule has 0 bridgehead atoms. The fraction of sp³-hybridized carbons (Fsp3) is 0.625. The lowest BCUT2D eigenvalue weighted by Gasteiger charge is -2.40. The molecule has 2 nitrogen and oxygen atoms in total. The smallest absolute Gasteiger partial charge is 0.0230 e. The normalized spacial score (nSPS) is 19.1. The van der Waals surface area contributed by atoms with Crippen LogP contribution in [0.3, 0.4) is 0 Å². The first-order valence-electron chi connectivity index (χ1n) is 7.17. The van der Waals surface area contributed by atoms with Crippen molar-refractivity contribution in [2.24, 2.45) is 5.41 Å². The van der Waals surface area contributed by atoms with Crippen LogP contribution >= 0.6 is 0 Å². The third kappa shape index (κ3) is 3.56. The van der Waals surface area contributed by atoms with Crippen LogP contribution in [0.15, 0.2) is 30.3 Å². The number of hydrogen-bond donors (Lipinski definition) is 1. The Labute approximate surface area is 111 Å². The van der Waals surface area contributed by atoms with Crippen LogP contribution in [0.25, 0.3) is 0 Å². The minimum Gasteiger partial charge on any atom is -0.317 e. The van der Waals surface area contributed by atoms with Crippen LogP contribution in [-0.4, -0.2) is 31.6 Å². The molecule has 0 unspecified atom stereocenters. The van der Waals surface area contributed by atoms with Crippen molar-refractivity contribution in [3.63, 3.8) is 0 Å². The number of benzene rings is 1. The predicted molar refractivity (Wildman–Crippen MR) is 77.6 cm³/mol. The molecule has 1 aliphatic rings. The van der Waals surface area contributed by atoms with Gasteiger partial charge in [0.05, 0.1) is 0 Å². The summed E-state index contributed by atoms with van der Waals surface area (Å²) >= 11 is 0. The van der Waals surface area contributed by atoms with Gasteiger partial charge in [0, 0.05) is 13.1 Å². The van der Waals surface area contributed by atoms with Crippen molar-refractivity contribution in [2.45, 2.75) is 32.7 Å². The van der Waals surface area contributed by atoms with Gasteiger partial charge in [-0.15, -0.1) is 0 Å². The molecule has 2 heteroatoms. The molecule has 1 aromatic carbocycles. The lowest BCUT2D eigenvalue weighted by Crippen LogP contribution is -2.43. The Morgan fingerprint density at radius 3 is 2.44 bits per heavy atom. The summed E-state index contributed by atoms with van der Waals surface area (Å²) in [5.41, 5.74) is 1.95. The Morgan fingerprint density at radius 1 is 1.17 bits per heavy atom. The van der Waals surface area contributed by atoms with Gasteiger partial charge in [0.2, 0.25) is 0 Å². The predicted octanol–water partition coefficient (Wildman–Crippen LogP) is 2.90. The Kier molecular flexibility index (Phi) is 4.79. The largest absolute Gasteiger partial charge is 0.317 e. The lowest BCUT2D eigenvalue weighted by molar-refractivity contribution is 0.119. The Balaban J connectivity index is 1.91. The topological polar surface area (TPSA) is 15.3 Å². The zero-order chi connectivity index (χ0) is 12.8. The second-order valence-electron chi connectivity index (χ2n) is 5.76. The molecule has 1 aliphatic heterocycles. The van der Waals surface area contributed by atoms with Crippen LogP contribution < -0.4 is 5.32 Å². The van der Waals surface area contributed by atoms with Gasteiger partial charge in [-0.25, -0.2) is 0 Å². The van der Waals surface area contributed by atoms with Gasteiger partial charge in [0.1, 0.15) is 0 Å². The minimum absolute atomic E-state index is 0.536. The summed E-state index contributed by atoms with van der Waals surface area (Å²) in [6.45, 7) is 7.01. The molecule has 0 spiro atoms. The van der Waals surface area contributed by atoms with Crippen LogP contribution in [0.5, 0.6) is 0 Å². The summed E-state index contributed by atoms with van der Waals surface area (Å²) in [6, 6.07) is 10.8. The van der Waals surface area contributed by atoms with Crippen LogP contribution in [0, 0.1) is 5.41 Å². The second kappa shape index (κ2) is 6.35. The summed E-state index contributed by atoms with van der Waals surface area (Å²) < 4.78 is 0. The van der Waals surface area contributed by atoms with E-state index in [0.29, 0.717) is 5.41 Å². The van der Waals surface area contributed by atoms with Gasteiger partial charge in [-0.3, -0.25) is 0 Å². The van der Waals surface area contributed by atoms with E-state index in [2.05, 4.69) is 54.5 Å². The maximum absolute atomic E-state index is 3.48. The molecule has 2 rings (SSSR count).